The van der Waals surface area contributed by atoms with Crippen LogP contribution in [0.25, 0.3) is 10.9 Å². The Morgan fingerprint density at radius 2 is 1.87 bits per heavy atom. The number of amidine groups is 1. The number of hydrogen-bond donors (Lipinski definition) is 4. The summed E-state index contributed by atoms with van der Waals surface area (Å²) in [5.41, 5.74) is 7.89. The Balaban J connectivity index is 0.00000256. The van der Waals surface area contributed by atoms with Gasteiger partial charge in [-0.1, -0.05) is 12.2 Å². The van der Waals surface area contributed by atoms with Gasteiger partial charge in [-0.3, -0.25) is 10.2 Å². The largest absolute Gasteiger partial charge is 0.508 e. The monoisotopic (exact) mass is 424 g/mol. The van der Waals surface area contributed by atoms with Gasteiger partial charge in [0.2, 0.25) is 0 Å². The first-order valence-corrected chi connectivity index (χ1v) is 9.12. The van der Waals surface area contributed by atoms with Crippen LogP contribution in [-0.2, 0) is 6.54 Å². The van der Waals surface area contributed by atoms with Gasteiger partial charge in [0.05, 0.1) is 5.52 Å². The smallest absolute Gasteiger partial charge is 0.254 e. The number of fused-ring (bicyclic) bond motifs is 1. The molecule has 5 N–H and O–H groups in total. The van der Waals surface area contributed by atoms with Crippen molar-refractivity contribution in [1.29, 1.82) is 5.41 Å². The van der Waals surface area contributed by atoms with Crippen molar-refractivity contribution in [3.05, 3.63) is 71.6 Å². The molecule has 0 fully saturated rings. The van der Waals surface area contributed by atoms with Gasteiger partial charge in [-0.2, -0.15) is 0 Å². The number of rotatable bonds is 5. The zero-order valence-corrected chi connectivity index (χ0v) is 16.8. The van der Waals surface area contributed by atoms with Crippen LogP contribution in [-0.4, -0.2) is 44.8 Å². The summed E-state index contributed by atoms with van der Waals surface area (Å²) in [5, 5.41) is 21.6. The lowest BCUT2D eigenvalue weighted by Gasteiger charge is -2.16. The Labute approximate surface area is 179 Å². The molecule has 0 spiro atoms. The summed E-state index contributed by atoms with van der Waals surface area (Å²) in [6, 6.07) is 10.1. The van der Waals surface area contributed by atoms with E-state index in [1.807, 2.05) is 18.2 Å². The molecule has 1 aliphatic rings. The molecule has 0 bridgehead atoms. The number of carbonyl (C=O) groups excluding carboxylic acids is 1. The first-order chi connectivity index (χ1) is 14.0. The first kappa shape index (κ1) is 21.1. The van der Waals surface area contributed by atoms with Crippen LogP contribution < -0.4 is 11.1 Å². The summed E-state index contributed by atoms with van der Waals surface area (Å²) in [6.07, 6.45) is 5.38. The van der Waals surface area contributed by atoms with Crippen molar-refractivity contribution in [2.24, 2.45) is 5.73 Å². The van der Waals surface area contributed by atoms with Crippen molar-refractivity contribution in [3.8, 4) is 5.75 Å². The van der Waals surface area contributed by atoms with E-state index in [4.69, 9.17) is 11.1 Å². The molecule has 4 rings (SSSR count). The quantitative estimate of drug-likeness (QED) is 0.283. The first-order valence-electron chi connectivity index (χ1n) is 9.12. The highest BCUT2D eigenvalue weighted by Crippen LogP contribution is 2.24. The lowest BCUT2D eigenvalue weighted by molar-refractivity contribution is 0.0800. The number of amides is 1. The minimum atomic E-state index is -0.0656. The predicted molar refractivity (Wildman–Crippen MR) is 118 cm³/mol. The molecule has 3 aromatic rings. The van der Waals surface area contributed by atoms with Crippen LogP contribution in [0.15, 0.2) is 54.9 Å². The van der Waals surface area contributed by atoms with E-state index >= 15 is 0 Å². The molecule has 2 aromatic carbocycles. The van der Waals surface area contributed by atoms with E-state index in [2.05, 4.69) is 15.3 Å². The molecule has 154 valence electrons. The summed E-state index contributed by atoms with van der Waals surface area (Å²) >= 11 is 0. The van der Waals surface area contributed by atoms with Gasteiger partial charge >= 0.3 is 0 Å². The predicted octanol–water partition coefficient (Wildman–Crippen LogP) is 2.67. The SMILES string of the molecule is Cl.N=C(N)c1ccc(O)c(CNc2ncnc3cc(C(=O)N4CC=CC4)ccc23)c1. The van der Waals surface area contributed by atoms with Crippen molar-refractivity contribution in [2.45, 2.75) is 6.54 Å². The third kappa shape index (κ3) is 4.18. The molecule has 0 saturated heterocycles. The van der Waals surface area contributed by atoms with Gasteiger partial charge in [-0.15, -0.1) is 12.4 Å². The Bertz CT molecular complexity index is 1140. The molecule has 0 saturated carbocycles. The summed E-state index contributed by atoms with van der Waals surface area (Å²) in [6.45, 7) is 1.53. The van der Waals surface area contributed by atoms with Gasteiger partial charge in [-0.05, 0) is 36.4 Å². The van der Waals surface area contributed by atoms with Crippen LogP contribution >= 0.6 is 12.4 Å². The highest BCUT2D eigenvalue weighted by atomic mass is 35.5. The molecule has 30 heavy (non-hydrogen) atoms. The van der Waals surface area contributed by atoms with Crippen LogP contribution in [0.1, 0.15) is 21.5 Å². The highest BCUT2D eigenvalue weighted by molar-refractivity contribution is 6.00. The van der Waals surface area contributed by atoms with E-state index in [0.717, 1.165) is 5.39 Å². The van der Waals surface area contributed by atoms with Gasteiger partial charge in [0.15, 0.2) is 0 Å². The van der Waals surface area contributed by atoms with E-state index in [0.29, 0.717) is 47.7 Å². The molecular weight excluding hydrogens is 404 g/mol. The van der Waals surface area contributed by atoms with Crippen LogP contribution in [0.3, 0.4) is 0 Å². The maximum atomic E-state index is 12.6. The lowest BCUT2D eigenvalue weighted by Crippen LogP contribution is -2.28. The van der Waals surface area contributed by atoms with Crippen molar-refractivity contribution in [3.63, 3.8) is 0 Å². The fourth-order valence-corrected chi connectivity index (χ4v) is 3.23. The normalized spacial score (nSPS) is 12.6. The third-order valence-electron chi connectivity index (χ3n) is 4.83. The zero-order chi connectivity index (χ0) is 20.4. The second-order valence-electron chi connectivity index (χ2n) is 6.75. The molecule has 0 radical (unpaired) electrons. The van der Waals surface area contributed by atoms with Gasteiger partial charge < -0.3 is 21.1 Å². The summed E-state index contributed by atoms with van der Waals surface area (Å²) in [5.74, 6) is 0.595. The zero-order valence-electron chi connectivity index (χ0n) is 16.0. The van der Waals surface area contributed by atoms with Crippen molar-refractivity contribution in [2.75, 3.05) is 18.4 Å². The lowest BCUT2D eigenvalue weighted by atomic mass is 10.1. The molecule has 1 amide bonds. The Hall–Kier alpha value is -3.65. The number of halogens is 1. The number of hydrogen-bond acceptors (Lipinski definition) is 6. The molecule has 0 aliphatic carbocycles. The number of nitrogens with zero attached hydrogens (tertiary/aromatic N) is 3. The van der Waals surface area contributed by atoms with Crippen LogP contribution in [0, 0.1) is 5.41 Å². The maximum Gasteiger partial charge on any atom is 0.254 e. The molecule has 9 heteroatoms. The Morgan fingerprint density at radius 3 is 2.60 bits per heavy atom. The van der Waals surface area contributed by atoms with E-state index in [9.17, 15) is 9.90 Å². The molecule has 8 nitrogen and oxygen atoms in total. The average molecular weight is 425 g/mol. The maximum absolute atomic E-state index is 12.6. The summed E-state index contributed by atoms with van der Waals surface area (Å²) in [4.78, 5) is 22.9. The average Bonchev–Trinajstić information content (AvgIpc) is 3.27. The minimum Gasteiger partial charge on any atom is -0.508 e. The molecule has 0 unspecified atom stereocenters. The van der Waals surface area contributed by atoms with E-state index in [1.54, 1.807) is 29.2 Å². The van der Waals surface area contributed by atoms with Crippen LogP contribution in [0.4, 0.5) is 5.82 Å². The fourth-order valence-electron chi connectivity index (χ4n) is 3.23. The fraction of sp³-hybridized carbons (Fsp3) is 0.143. The number of nitrogen functional groups attached to an aromatic ring is 1. The number of phenols is 1. The van der Waals surface area contributed by atoms with Crippen LogP contribution in [0.5, 0.6) is 5.75 Å². The number of anilines is 1. The van der Waals surface area contributed by atoms with Crippen molar-refractivity contribution < 1.29 is 9.90 Å². The number of nitrogens with one attached hydrogen (secondary N) is 2. The number of phenolic OH excluding ortho intramolecular Hbond substituents is 1. The van der Waals surface area contributed by atoms with Crippen molar-refractivity contribution >= 4 is 40.9 Å². The molecule has 1 aliphatic heterocycles. The number of aromatic hydroxyl groups is 1. The third-order valence-corrected chi connectivity index (χ3v) is 4.83. The van der Waals surface area contributed by atoms with Gasteiger partial charge in [0.25, 0.3) is 5.91 Å². The molecule has 1 aromatic heterocycles. The minimum absolute atomic E-state index is 0. The Morgan fingerprint density at radius 1 is 1.13 bits per heavy atom. The second-order valence-corrected chi connectivity index (χ2v) is 6.75. The molecule has 2 heterocycles. The Kier molecular flexibility index (Phi) is 6.17. The van der Waals surface area contributed by atoms with E-state index in [1.165, 1.54) is 12.4 Å². The van der Waals surface area contributed by atoms with Crippen molar-refractivity contribution in [1.82, 2.24) is 14.9 Å². The number of benzene rings is 2. The number of carbonyl (C=O) groups is 1. The highest BCUT2D eigenvalue weighted by Gasteiger charge is 2.17. The summed E-state index contributed by atoms with van der Waals surface area (Å²) < 4.78 is 0. The number of nitrogens with two attached hydrogens (primary N) is 1. The standard InChI is InChI=1S/C21H20N6O2.ClH/c22-19(23)13-4-6-18(28)15(9-13)11-24-20-16-5-3-14(10-17(16)25-12-26-20)21(29)27-7-1-2-8-27;/h1-6,9-10,12,28H,7-8,11H2,(H3,22,23)(H,24,25,26);1H. The molecular formula is C21H21ClN6O2. The van der Waals surface area contributed by atoms with E-state index in [-0.39, 0.29) is 29.9 Å². The number of aromatic nitrogens is 2. The van der Waals surface area contributed by atoms with Gasteiger partial charge in [0.1, 0.15) is 23.7 Å². The van der Waals surface area contributed by atoms with Gasteiger partial charge in [0, 0.05) is 41.7 Å². The van der Waals surface area contributed by atoms with Crippen LogP contribution in [0.2, 0.25) is 0 Å². The molecule has 0 atom stereocenters. The topological polar surface area (TPSA) is 128 Å². The van der Waals surface area contributed by atoms with E-state index < -0.39 is 0 Å². The van der Waals surface area contributed by atoms with Gasteiger partial charge in [-0.25, -0.2) is 9.97 Å². The second kappa shape index (κ2) is 8.79. The summed E-state index contributed by atoms with van der Waals surface area (Å²) in [7, 11) is 0.